The zero-order valence-electron chi connectivity index (χ0n) is 30.5. The van der Waals surface area contributed by atoms with Gasteiger partial charge in [-0.1, -0.05) is 121 Å². The molecule has 0 atom stereocenters. The maximum absolute atomic E-state index is 4.88. The molecule has 0 spiro atoms. The molecule has 0 N–H and O–H groups in total. The minimum Gasteiger partial charge on any atom is -0.383 e. The maximum atomic E-state index is 4.88. The van der Waals surface area contributed by atoms with Crippen LogP contribution in [-0.2, 0) is 27.2 Å². The van der Waals surface area contributed by atoms with Crippen molar-refractivity contribution in [2.24, 2.45) is 7.05 Å². The Bertz CT molecular complexity index is 2790. The monoisotopic (exact) mass is 914 g/mol. The van der Waals surface area contributed by atoms with Crippen LogP contribution in [0.2, 0.25) is 0 Å². The fraction of sp³-hybridized carbons (Fsp3) is 0.0213. The summed E-state index contributed by atoms with van der Waals surface area (Å²) in [5.41, 5.74) is 8.49. The zero-order valence-corrected chi connectivity index (χ0v) is 32.9. The standard InChI is InChI=1S/C33H22N5.C14H9N4.Ir/c1-38-29-18-9-8-15-25(29)26-16-10-17-27(30(26)38)28-21-24(19-20-34-28)33-36-31(22-11-4-2-5-12-22)35-32(37-33)23-13-6-3-7-14-23;1-3-7-11(8-4-1)13-15-17-14(18-16-13)12-9-5-2-6-10-12;/h2-16,18-21H,1H3;1-9H;/q2*-1;. The van der Waals surface area contributed by atoms with Crippen molar-refractivity contribution in [2.45, 2.75) is 0 Å². The van der Waals surface area contributed by atoms with Gasteiger partial charge in [-0.15, -0.1) is 69.9 Å². The second-order valence-corrected chi connectivity index (χ2v) is 12.8. The largest absolute Gasteiger partial charge is 0.383 e. The van der Waals surface area contributed by atoms with Crippen LogP contribution >= 0.6 is 0 Å². The number of hydrogen-bond donors (Lipinski definition) is 0. The van der Waals surface area contributed by atoms with Gasteiger partial charge in [0.15, 0.2) is 17.5 Å². The Morgan fingerprint density at radius 3 is 1.61 bits per heavy atom. The third-order valence-electron chi connectivity index (χ3n) is 9.30. The number of para-hydroxylation sites is 1. The van der Waals surface area contributed by atoms with Gasteiger partial charge in [0.25, 0.3) is 0 Å². The van der Waals surface area contributed by atoms with E-state index >= 15 is 0 Å². The van der Waals surface area contributed by atoms with Crippen molar-refractivity contribution in [1.82, 2.24) is 44.9 Å². The van der Waals surface area contributed by atoms with Crippen LogP contribution in [0.15, 0.2) is 170 Å². The molecule has 10 heteroatoms. The Morgan fingerprint density at radius 2 is 1.00 bits per heavy atom. The molecule has 6 aromatic carbocycles. The number of benzene rings is 6. The fourth-order valence-electron chi connectivity index (χ4n) is 6.58. The van der Waals surface area contributed by atoms with E-state index in [1.54, 1.807) is 0 Å². The number of aromatic nitrogens is 9. The first-order chi connectivity index (χ1) is 27.7. The Morgan fingerprint density at radius 1 is 0.456 bits per heavy atom. The van der Waals surface area contributed by atoms with Crippen LogP contribution in [0.4, 0.5) is 0 Å². The first-order valence-corrected chi connectivity index (χ1v) is 18.0. The molecule has 0 saturated carbocycles. The maximum Gasteiger partial charge on any atom is 0.201 e. The summed E-state index contributed by atoms with van der Waals surface area (Å²) >= 11 is 0. The predicted octanol–water partition coefficient (Wildman–Crippen LogP) is 9.78. The molecular weight excluding hydrogens is 883 g/mol. The smallest absolute Gasteiger partial charge is 0.201 e. The summed E-state index contributed by atoms with van der Waals surface area (Å²) in [6.07, 6.45) is 1.81. The SMILES string of the molecule is Cn1c2ccccc2c2cc[c-]c(-c3cc(-c4nc(-c5ccccc5)nc(-c5ccccc5)n4)ccn3)c21.[Ir].[c-]1ccccc1-c1nnc(-c2ccccc2)nn1. The van der Waals surface area contributed by atoms with E-state index < -0.39 is 0 Å². The zero-order chi connectivity index (χ0) is 37.7. The van der Waals surface area contributed by atoms with Crippen LogP contribution in [-0.4, -0.2) is 44.9 Å². The molecule has 0 saturated heterocycles. The van der Waals surface area contributed by atoms with E-state index in [0.717, 1.165) is 44.6 Å². The van der Waals surface area contributed by atoms with Crippen LogP contribution in [0.1, 0.15) is 0 Å². The molecule has 9 nitrogen and oxygen atoms in total. The Labute approximate surface area is 342 Å². The molecule has 0 aliphatic heterocycles. The first-order valence-electron chi connectivity index (χ1n) is 18.0. The molecule has 0 fully saturated rings. The van der Waals surface area contributed by atoms with Crippen molar-refractivity contribution in [3.63, 3.8) is 0 Å². The Hall–Kier alpha value is -7.13. The minimum absolute atomic E-state index is 0. The summed E-state index contributed by atoms with van der Waals surface area (Å²) < 4.78 is 2.22. The van der Waals surface area contributed by atoms with E-state index in [4.69, 9.17) is 19.9 Å². The summed E-state index contributed by atoms with van der Waals surface area (Å²) in [6.45, 7) is 0. The van der Waals surface area contributed by atoms with Crippen LogP contribution in [0.5, 0.6) is 0 Å². The average Bonchev–Trinajstić information content (AvgIpc) is 3.59. The van der Waals surface area contributed by atoms with Crippen molar-refractivity contribution in [1.29, 1.82) is 0 Å². The van der Waals surface area contributed by atoms with E-state index in [2.05, 4.69) is 74.5 Å². The van der Waals surface area contributed by atoms with Gasteiger partial charge in [-0.2, -0.15) is 10.2 Å². The number of pyridine rings is 1. The Balaban J connectivity index is 0.000000201. The summed E-state index contributed by atoms with van der Waals surface area (Å²) in [7, 11) is 2.09. The van der Waals surface area contributed by atoms with Gasteiger partial charge in [-0.3, -0.25) is 0 Å². The molecule has 0 amide bonds. The van der Waals surface area contributed by atoms with Gasteiger partial charge in [-0.05, 0) is 28.7 Å². The van der Waals surface area contributed by atoms with Crippen LogP contribution in [0, 0.1) is 12.1 Å². The van der Waals surface area contributed by atoms with Crippen molar-refractivity contribution in [3.8, 4) is 68.2 Å². The number of fused-ring (bicyclic) bond motifs is 3. The second-order valence-electron chi connectivity index (χ2n) is 12.8. The molecule has 275 valence electrons. The topological polar surface area (TPSA) is 108 Å². The molecule has 1 radical (unpaired) electrons. The fourth-order valence-corrected chi connectivity index (χ4v) is 6.58. The molecule has 4 aromatic heterocycles. The number of hydrogen-bond acceptors (Lipinski definition) is 8. The molecule has 4 heterocycles. The molecule has 10 aromatic rings. The van der Waals surface area contributed by atoms with Crippen LogP contribution in [0.3, 0.4) is 0 Å². The van der Waals surface area contributed by atoms with E-state index in [9.17, 15) is 0 Å². The van der Waals surface area contributed by atoms with E-state index in [0.29, 0.717) is 29.1 Å². The minimum atomic E-state index is 0. The molecule has 0 aliphatic rings. The quantitative estimate of drug-likeness (QED) is 0.152. The normalized spacial score (nSPS) is 10.8. The molecular formula is C47H31IrN9-2. The van der Waals surface area contributed by atoms with Gasteiger partial charge in [0, 0.05) is 61.1 Å². The molecule has 0 aliphatic carbocycles. The van der Waals surface area contributed by atoms with Gasteiger partial charge < -0.3 is 9.55 Å². The molecule has 0 unspecified atom stereocenters. The third-order valence-corrected chi connectivity index (χ3v) is 9.30. The molecule has 0 bridgehead atoms. The van der Waals surface area contributed by atoms with Gasteiger partial charge >= 0.3 is 0 Å². The van der Waals surface area contributed by atoms with Gasteiger partial charge in [0.1, 0.15) is 5.82 Å². The average molecular weight is 914 g/mol. The van der Waals surface area contributed by atoms with E-state index in [-0.39, 0.29) is 20.1 Å². The summed E-state index contributed by atoms with van der Waals surface area (Å²) in [4.78, 5) is 19.3. The predicted molar refractivity (Wildman–Crippen MR) is 220 cm³/mol. The number of aryl methyl sites for hydroxylation is 1. The Kier molecular flexibility index (Phi) is 10.8. The van der Waals surface area contributed by atoms with Gasteiger partial charge in [0.05, 0.1) is 0 Å². The first kappa shape index (κ1) is 36.8. The summed E-state index contributed by atoms with van der Waals surface area (Å²) in [5, 5.41) is 18.7. The van der Waals surface area contributed by atoms with Crippen molar-refractivity contribution >= 4 is 21.8 Å². The summed E-state index contributed by atoms with van der Waals surface area (Å²) in [6, 6.07) is 60.2. The van der Waals surface area contributed by atoms with E-state index in [1.807, 2.05) is 140 Å². The van der Waals surface area contributed by atoms with Crippen molar-refractivity contribution in [2.75, 3.05) is 0 Å². The molecule has 10 rings (SSSR count). The van der Waals surface area contributed by atoms with Crippen LogP contribution < -0.4 is 0 Å². The van der Waals surface area contributed by atoms with Gasteiger partial charge in [-0.25, -0.2) is 15.0 Å². The summed E-state index contributed by atoms with van der Waals surface area (Å²) in [5.74, 6) is 2.88. The van der Waals surface area contributed by atoms with Crippen LogP contribution in [0.25, 0.3) is 90.0 Å². The van der Waals surface area contributed by atoms with Crippen molar-refractivity contribution < 1.29 is 20.1 Å². The second kappa shape index (κ2) is 16.7. The number of nitrogens with zero attached hydrogens (tertiary/aromatic N) is 9. The van der Waals surface area contributed by atoms with E-state index in [1.165, 1.54) is 16.3 Å². The van der Waals surface area contributed by atoms with Gasteiger partial charge in [0.2, 0.25) is 5.82 Å². The third kappa shape index (κ3) is 7.73. The van der Waals surface area contributed by atoms with Crippen molar-refractivity contribution in [3.05, 3.63) is 182 Å². The molecule has 57 heavy (non-hydrogen) atoms. The number of rotatable bonds is 6.